The molecule has 0 unspecified atom stereocenters. The molecule has 5 nitrogen and oxygen atoms in total. The van der Waals surface area contributed by atoms with Gasteiger partial charge >= 0.3 is 0 Å². The highest BCUT2D eigenvalue weighted by molar-refractivity contribution is 5.93. The van der Waals surface area contributed by atoms with Crippen molar-refractivity contribution in [1.29, 1.82) is 0 Å². The van der Waals surface area contributed by atoms with E-state index in [1.807, 2.05) is 37.9 Å². The van der Waals surface area contributed by atoms with Crippen molar-refractivity contribution >= 4 is 11.8 Å². The van der Waals surface area contributed by atoms with Crippen LogP contribution >= 0.6 is 0 Å². The molecule has 2 N–H and O–H groups in total. The summed E-state index contributed by atoms with van der Waals surface area (Å²) in [5.74, 6) is -0.0781. The van der Waals surface area contributed by atoms with Crippen molar-refractivity contribution in [3.8, 4) is 0 Å². The lowest BCUT2D eigenvalue weighted by atomic mass is 10.1. The highest BCUT2D eigenvalue weighted by Gasteiger charge is 2.08. The van der Waals surface area contributed by atoms with Gasteiger partial charge in [0.2, 0.25) is 5.91 Å². The first-order valence-electron chi connectivity index (χ1n) is 6.71. The zero-order valence-electron chi connectivity index (χ0n) is 12.6. The maximum absolute atomic E-state index is 11.6. The lowest BCUT2D eigenvalue weighted by Gasteiger charge is -2.17. The van der Waals surface area contributed by atoms with Crippen LogP contribution < -0.4 is 10.6 Å². The SMILES string of the molecule is CNC(=O)c1ccc(CN(C)CC(=O)NC(C)C)cc1. The maximum Gasteiger partial charge on any atom is 0.251 e. The van der Waals surface area contributed by atoms with Gasteiger partial charge in [0, 0.05) is 25.2 Å². The number of carbonyl (C=O) groups excluding carboxylic acids is 2. The predicted octanol–water partition coefficient (Wildman–Crippen LogP) is 1.00. The Kier molecular flexibility index (Phi) is 6.18. The fraction of sp³-hybridized carbons (Fsp3) is 0.467. The zero-order valence-corrected chi connectivity index (χ0v) is 12.6. The Hall–Kier alpha value is -1.88. The minimum absolute atomic E-state index is 0.0180. The van der Waals surface area contributed by atoms with Crippen LogP contribution in [0.5, 0.6) is 0 Å². The van der Waals surface area contributed by atoms with E-state index in [1.165, 1.54) is 0 Å². The van der Waals surface area contributed by atoms with Gasteiger partial charge in [0.05, 0.1) is 6.54 Å². The molecule has 1 aromatic carbocycles. The van der Waals surface area contributed by atoms with Crippen LogP contribution in [-0.4, -0.2) is 43.4 Å². The van der Waals surface area contributed by atoms with Gasteiger partial charge in [-0.3, -0.25) is 14.5 Å². The zero-order chi connectivity index (χ0) is 15.1. The minimum atomic E-state index is -0.0961. The Morgan fingerprint density at radius 1 is 1.20 bits per heavy atom. The standard InChI is InChI=1S/C15H23N3O2/c1-11(2)17-14(19)10-18(4)9-12-5-7-13(8-6-12)15(20)16-3/h5-8,11H,9-10H2,1-4H3,(H,16,20)(H,17,19). The van der Waals surface area contributed by atoms with E-state index in [9.17, 15) is 9.59 Å². The average molecular weight is 277 g/mol. The van der Waals surface area contributed by atoms with Gasteiger partial charge in [-0.15, -0.1) is 0 Å². The Morgan fingerprint density at radius 3 is 2.30 bits per heavy atom. The summed E-state index contributed by atoms with van der Waals surface area (Å²) < 4.78 is 0. The van der Waals surface area contributed by atoms with E-state index in [1.54, 1.807) is 19.2 Å². The van der Waals surface area contributed by atoms with E-state index < -0.39 is 0 Å². The average Bonchev–Trinajstić information content (AvgIpc) is 2.37. The topological polar surface area (TPSA) is 61.4 Å². The van der Waals surface area contributed by atoms with Crippen LogP contribution in [-0.2, 0) is 11.3 Å². The molecule has 0 spiro atoms. The number of nitrogens with one attached hydrogen (secondary N) is 2. The van der Waals surface area contributed by atoms with E-state index in [4.69, 9.17) is 0 Å². The van der Waals surface area contributed by atoms with Crippen molar-refractivity contribution in [3.63, 3.8) is 0 Å². The van der Waals surface area contributed by atoms with Crippen LogP contribution in [0.3, 0.4) is 0 Å². The number of benzene rings is 1. The molecule has 20 heavy (non-hydrogen) atoms. The Labute approximate surface area is 120 Å². The van der Waals surface area contributed by atoms with Crippen LogP contribution in [0.2, 0.25) is 0 Å². The van der Waals surface area contributed by atoms with Crippen molar-refractivity contribution in [2.24, 2.45) is 0 Å². The summed E-state index contributed by atoms with van der Waals surface area (Å²) in [5, 5.41) is 5.44. The van der Waals surface area contributed by atoms with Gasteiger partial charge in [0.25, 0.3) is 5.91 Å². The molecule has 0 radical (unpaired) electrons. The van der Waals surface area contributed by atoms with Gasteiger partial charge in [0.15, 0.2) is 0 Å². The largest absolute Gasteiger partial charge is 0.355 e. The quantitative estimate of drug-likeness (QED) is 0.815. The van der Waals surface area contributed by atoms with E-state index in [0.29, 0.717) is 18.7 Å². The molecule has 0 aromatic heterocycles. The highest BCUT2D eigenvalue weighted by atomic mass is 16.2. The molecule has 1 aromatic rings. The first kappa shape index (κ1) is 16.2. The molecule has 0 bridgehead atoms. The number of hydrogen-bond donors (Lipinski definition) is 2. The molecule has 0 aliphatic carbocycles. The molecule has 0 aliphatic rings. The van der Waals surface area contributed by atoms with Crippen molar-refractivity contribution in [3.05, 3.63) is 35.4 Å². The van der Waals surface area contributed by atoms with E-state index in [2.05, 4.69) is 10.6 Å². The van der Waals surface area contributed by atoms with Crippen molar-refractivity contribution < 1.29 is 9.59 Å². The number of hydrogen-bond acceptors (Lipinski definition) is 3. The molecular weight excluding hydrogens is 254 g/mol. The van der Waals surface area contributed by atoms with Crippen LogP contribution in [0.25, 0.3) is 0 Å². The van der Waals surface area contributed by atoms with E-state index in [-0.39, 0.29) is 17.9 Å². The minimum Gasteiger partial charge on any atom is -0.355 e. The van der Waals surface area contributed by atoms with Crippen LogP contribution in [0.4, 0.5) is 0 Å². The summed E-state index contributed by atoms with van der Waals surface area (Å²) in [6.45, 7) is 4.90. The predicted molar refractivity (Wildman–Crippen MR) is 79.4 cm³/mol. The van der Waals surface area contributed by atoms with Crippen molar-refractivity contribution in [1.82, 2.24) is 15.5 Å². The Bertz CT molecular complexity index is 455. The first-order valence-corrected chi connectivity index (χ1v) is 6.71. The number of rotatable bonds is 6. The summed E-state index contributed by atoms with van der Waals surface area (Å²) >= 11 is 0. The number of carbonyl (C=O) groups is 2. The molecule has 0 saturated carbocycles. The molecule has 0 heterocycles. The van der Waals surface area contributed by atoms with Gasteiger partial charge in [-0.1, -0.05) is 12.1 Å². The molecule has 5 heteroatoms. The number of likely N-dealkylation sites (N-methyl/N-ethyl adjacent to an activating group) is 1. The van der Waals surface area contributed by atoms with Crippen LogP contribution in [0, 0.1) is 0 Å². The van der Waals surface area contributed by atoms with Gasteiger partial charge in [0.1, 0.15) is 0 Å². The van der Waals surface area contributed by atoms with Crippen molar-refractivity contribution in [2.75, 3.05) is 20.6 Å². The summed E-state index contributed by atoms with van der Waals surface area (Å²) in [5.41, 5.74) is 1.70. The van der Waals surface area contributed by atoms with E-state index in [0.717, 1.165) is 5.56 Å². The number of amides is 2. The smallest absolute Gasteiger partial charge is 0.251 e. The van der Waals surface area contributed by atoms with Gasteiger partial charge in [-0.2, -0.15) is 0 Å². The maximum atomic E-state index is 11.6. The third-order valence-corrected chi connectivity index (χ3v) is 2.76. The molecule has 0 aliphatic heterocycles. The summed E-state index contributed by atoms with van der Waals surface area (Å²) in [4.78, 5) is 25.0. The molecule has 0 atom stereocenters. The molecule has 2 amide bonds. The van der Waals surface area contributed by atoms with Crippen LogP contribution in [0.1, 0.15) is 29.8 Å². The monoisotopic (exact) mass is 277 g/mol. The second-order valence-corrected chi connectivity index (χ2v) is 5.17. The lowest BCUT2D eigenvalue weighted by molar-refractivity contribution is -0.122. The first-order chi connectivity index (χ1) is 9.42. The second-order valence-electron chi connectivity index (χ2n) is 5.17. The third-order valence-electron chi connectivity index (χ3n) is 2.76. The fourth-order valence-corrected chi connectivity index (χ4v) is 1.89. The summed E-state index contributed by atoms with van der Waals surface area (Å²) in [6.07, 6.45) is 0. The van der Waals surface area contributed by atoms with Gasteiger partial charge in [-0.05, 0) is 38.6 Å². The normalized spacial score (nSPS) is 10.7. The molecular formula is C15H23N3O2. The summed E-state index contributed by atoms with van der Waals surface area (Å²) in [6, 6.07) is 7.54. The van der Waals surface area contributed by atoms with Crippen LogP contribution in [0.15, 0.2) is 24.3 Å². The Balaban J connectivity index is 2.52. The lowest BCUT2D eigenvalue weighted by Crippen LogP contribution is -2.38. The molecule has 1 rings (SSSR count). The van der Waals surface area contributed by atoms with Gasteiger partial charge < -0.3 is 10.6 Å². The molecule has 110 valence electrons. The van der Waals surface area contributed by atoms with E-state index >= 15 is 0 Å². The fourth-order valence-electron chi connectivity index (χ4n) is 1.89. The second kappa shape index (κ2) is 7.65. The number of nitrogens with zero attached hydrogens (tertiary/aromatic N) is 1. The summed E-state index contributed by atoms with van der Waals surface area (Å²) in [7, 11) is 3.50. The van der Waals surface area contributed by atoms with Crippen molar-refractivity contribution in [2.45, 2.75) is 26.4 Å². The third kappa shape index (κ3) is 5.40. The molecule has 0 fully saturated rings. The highest BCUT2D eigenvalue weighted by Crippen LogP contribution is 2.06. The Morgan fingerprint density at radius 2 is 1.80 bits per heavy atom. The molecule has 0 saturated heterocycles. The van der Waals surface area contributed by atoms with Gasteiger partial charge in [-0.25, -0.2) is 0 Å².